The number of benzene rings is 1. The Morgan fingerprint density at radius 2 is 2.00 bits per heavy atom. The molecule has 3 aromatic heterocycles. The van der Waals surface area contributed by atoms with Crippen LogP contribution in [0.25, 0.3) is 22.1 Å². The fourth-order valence-electron chi connectivity index (χ4n) is 4.89. The third-order valence-corrected chi connectivity index (χ3v) is 9.64. The first-order valence-electron chi connectivity index (χ1n) is 14.6. The molecule has 6 atom stereocenters. The smallest absolute Gasteiger partial charge is 0.459 e. The number of hydrogen-bond acceptors (Lipinski definition) is 14. The van der Waals surface area contributed by atoms with Gasteiger partial charge in [-0.05, 0) is 43.5 Å². The Bertz CT molecular complexity index is 1830. The van der Waals surface area contributed by atoms with Crippen LogP contribution in [0.2, 0.25) is 0 Å². The number of nitrogens with one attached hydrogen (secondary N) is 1. The largest absolute Gasteiger partial charge is 0.479 e. The highest BCUT2D eigenvalue weighted by Gasteiger charge is 2.55. The van der Waals surface area contributed by atoms with E-state index in [0.29, 0.717) is 14.7 Å². The van der Waals surface area contributed by atoms with E-state index in [0.717, 1.165) is 0 Å². The van der Waals surface area contributed by atoms with E-state index in [-0.39, 0.29) is 40.8 Å². The number of aliphatic hydroxyl groups is 2. The highest BCUT2D eigenvalue weighted by atomic mass is 127. The first kappa shape index (κ1) is 35.1. The highest BCUT2D eigenvalue weighted by molar-refractivity contribution is 14.1. The van der Waals surface area contributed by atoms with Crippen molar-refractivity contribution in [1.29, 1.82) is 0 Å². The zero-order valence-corrected chi connectivity index (χ0v) is 29.6. The summed E-state index contributed by atoms with van der Waals surface area (Å²) >= 11 is 1.92. The average molecular weight is 786 g/mol. The quantitative estimate of drug-likeness (QED) is 0.0743. The molecular weight excluding hydrogens is 748 g/mol. The summed E-state index contributed by atoms with van der Waals surface area (Å²) in [5.41, 5.74) is 4.70. The normalized spacial score (nSPS) is 23.5. The van der Waals surface area contributed by atoms with E-state index in [4.69, 9.17) is 29.0 Å². The summed E-state index contributed by atoms with van der Waals surface area (Å²) in [6, 6.07) is 7.32. The van der Waals surface area contributed by atoms with Gasteiger partial charge in [-0.1, -0.05) is 26.8 Å². The van der Waals surface area contributed by atoms with Gasteiger partial charge in [0.2, 0.25) is 11.8 Å². The Balaban J connectivity index is 1.42. The number of aliphatic hydroxyl groups excluding tert-OH is 1. The number of anilines is 1. The number of methoxy groups -OCH3 is 1. The van der Waals surface area contributed by atoms with Crippen LogP contribution in [0.4, 0.5) is 5.95 Å². The van der Waals surface area contributed by atoms with Gasteiger partial charge in [0.05, 0.1) is 25.8 Å². The van der Waals surface area contributed by atoms with E-state index in [1.165, 1.54) is 25.5 Å². The van der Waals surface area contributed by atoms with Crippen molar-refractivity contribution in [3.63, 3.8) is 0 Å². The van der Waals surface area contributed by atoms with Gasteiger partial charge in [-0.2, -0.15) is 15.1 Å². The number of fused-ring (bicyclic) bond motifs is 2. The summed E-state index contributed by atoms with van der Waals surface area (Å²) in [6.07, 6.45) is -2.42. The lowest BCUT2D eigenvalue weighted by Gasteiger charge is -2.28. The van der Waals surface area contributed by atoms with Crippen molar-refractivity contribution in [1.82, 2.24) is 29.6 Å². The van der Waals surface area contributed by atoms with Gasteiger partial charge in [-0.25, -0.2) is 9.55 Å². The summed E-state index contributed by atoms with van der Waals surface area (Å²) in [4.78, 5) is 29.9. The lowest BCUT2D eigenvalue weighted by Crippen LogP contribution is -2.45. The van der Waals surface area contributed by atoms with E-state index in [9.17, 15) is 19.6 Å². The minimum Gasteiger partial charge on any atom is -0.479 e. The molecule has 0 radical (unpaired) electrons. The van der Waals surface area contributed by atoms with Gasteiger partial charge in [0.15, 0.2) is 21.2 Å². The molecule has 0 aliphatic carbocycles. The fourth-order valence-corrected chi connectivity index (χ4v) is 7.13. The second kappa shape index (κ2) is 13.4. The fraction of sp³-hybridized carbons (Fsp3) is 0.483. The molecule has 0 spiro atoms. The number of nitrogens with two attached hydrogens (primary N) is 1. The average Bonchev–Trinajstić information content (AvgIpc) is 3.44. The van der Waals surface area contributed by atoms with Gasteiger partial charge >= 0.3 is 13.7 Å². The van der Waals surface area contributed by atoms with Crippen LogP contribution in [0.3, 0.4) is 0 Å². The molecule has 4 aromatic rings. The highest BCUT2D eigenvalue weighted by Crippen LogP contribution is 2.49. The van der Waals surface area contributed by atoms with E-state index in [1.54, 1.807) is 36.5 Å². The zero-order valence-electron chi connectivity index (χ0n) is 26.6. The van der Waals surface area contributed by atoms with E-state index in [1.807, 2.05) is 43.4 Å². The van der Waals surface area contributed by atoms with Crippen LogP contribution < -0.4 is 20.1 Å². The molecular formula is C29H37IN7O9P. The predicted octanol–water partition coefficient (Wildman–Crippen LogP) is 3.35. The molecule has 4 heterocycles. The predicted molar refractivity (Wildman–Crippen MR) is 178 cm³/mol. The third kappa shape index (κ3) is 7.45. The molecule has 1 aromatic carbocycles. The Hall–Kier alpha value is -3.19. The standard InChI is InChI=1S/C29H37IN7O9P/c1-15(24(39)43-14-28(2,3)4)36-47(41,46-18-11-7-10-17-16(18)9-8-12-32-17)44-13-19-21(38)29(5,40)25(45-19)37-22-20(33-26(37)30)23(42-6)35-27(31)34-22/h7-12,15,19,21,25,38,40H,13-14H2,1-6H3,(H,36,41)(H2,31,34,35)/t15-,19+,21+,25?,29+,47?/m0/s1. The summed E-state index contributed by atoms with van der Waals surface area (Å²) < 4.78 is 44.8. The molecule has 1 aliphatic rings. The molecule has 0 bridgehead atoms. The summed E-state index contributed by atoms with van der Waals surface area (Å²) in [7, 11) is -3.01. The molecule has 5 N–H and O–H groups in total. The van der Waals surface area contributed by atoms with E-state index >= 15 is 0 Å². The SMILES string of the molecule is COc1nc(N)nc2c1nc(I)n2C1O[C@H](COP(=O)(N[C@@H](C)C(=O)OCC(C)(C)C)Oc2cccc3ncccc23)[C@@H](O)[C@@]1(C)O. The summed E-state index contributed by atoms with van der Waals surface area (Å²) in [5, 5.41) is 25.9. The van der Waals surface area contributed by atoms with Crippen LogP contribution in [-0.2, 0) is 23.4 Å². The van der Waals surface area contributed by atoms with Crippen LogP contribution in [0.1, 0.15) is 40.8 Å². The second-order valence-corrected chi connectivity index (χ2v) is 15.1. The number of pyridine rings is 1. The van der Waals surface area contributed by atoms with Crippen LogP contribution in [0.15, 0.2) is 36.5 Å². The van der Waals surface area contributed by atoms with Gasteiger partial charge in [-0.3, -0.25) is 18.9 Å². The summed E-state index contributed by atoms with van der Waals surface area (Å²) in [6.45, 7) is 8.15. The maximum absolute atomic E-state index is 14.4. The van der Waals surface area contributed by atoms with Gasteiger partial charge in [0, 0.05) is 34.2 Å². The Labute approximate surface area is 284 Å². The molecule has 1 saturated heterocycles. The van der Waals surface area contributed by atoms with Crippen LogP contribution in [0, 0.1) is 9.25 Å². The van der Waals surface area contributed by atoms with Crippen molar-refractivity contribution in [3.05, 3.63) is 40.4 Å². The first-order valence-corrected chi connectivity index (χ1v) is 17.2. The molecule has 18 heteroatoms. The Morgan fingerprint density at radius 1 is 1.26 bits per heavy atom. The minimum absolute atomic E-state index is 0.104. The van der Waals surface area contributed by atoms with Gasteiger partial charge in [-0.15, -0.1) is 0 Å². The number of nitrogens with zero attached hydrogens (tertiary/aromatic N) is 5. The van der Waals surface area contributed by atoms with Crippen molar-refractivity contribution in [3.8, 4) is 11.6 Å². The number of esters is 1. The molecule has 0 saturated carbocycles. The molecule has 16 nitrogen and oxygen atoms in total. The van der Waals surface area contributed by atoms with Crippen molar-refractivity contribution >= 4 is 64.3 Å². The lowest BCUT2D eigenvalue weighted by molar-refractivity contribution is -0.148. The van der Waals surface area contributed by atoms with Crippen molar-refractivity contribution in [2.75, 3.05) is 26.1 Å². The van der Waals surface area contributed by atoms with E-state index in [2.05, 4.69) is 25.0 Å². The monoisotopic (exact) mass is 785 g/mol. The zero-order chi connectivity index (χ0) is 34.3. The molecule has 1 fully saturated rings. The first-order chi connectivity index (χ1) is 22.0. The van der Waals surface area contributed by atoms with E-state index < -0.39 is 50.4 Å². The van der Waals surface area contributed by atoms with Crippen molar-refractivity contribution in [2.24, 2.45) is 5.41 Å². The number of imidazole rings is 1. The Kier molecular flexibility index (Phi) is 9.99. The second-order valence-electron chi connectivity index (χ2n) is 12.4. The van der Waals surface area contributed by atoms with Gasteiger partial charge < -0.3 is 34.7 Å². The van der Waals surface area contributed by atoms with Crippen LogP contribution >= 0.6 is 30.3 Å². The maximum atomic E-state index is 14.4. The minimum atomic E-state index is -4.41. The summed E-state index contributed by atoms with van der Waals surface area (Å²) in [5.74, 6) is -0.492. The molecule has 5 rings (SSSR count). The molecule has 254 valence electrons. The molecule has 2 unspecified atom stereocenters. The number of carbonyl (C=O) groups is 1. The number of halogens is 1. The molecule has 1 aliphatic heterocycles. The number of rotatable bonds is 11. The topological polar surface area (TPSA) is 215 Å². The number of nitrogen functional groups attached to an aromatic ring is 1. The maximum Gasteiger partial charge on any atom is 0.459 e. The van der Waals surface area contributed by atoms with Crippen molar-refractivity contribution in [2.45, 2.75) is 64.7 Å². The third-order valence-electron chi connectivity index (χ3n) is 7.25. The van der Waals surface area contributed by atoms with Gasteiger partial charge in [0.25, 0.3) is 0 Å². The number of hydrogen-bond donors (Lipinski definition) is 4. The number of carbonyl (C=O) groups excluding carboxylic acids is 1. The van der Waals surface area contributed by atoms with Crippen LogP contribution in [-0.4, -0.2) is 84.9 Å². The number of ether oxygens (including phenoxy) is 3. The molecule has 47 heavy (non-hydrogen) atoms. The number of aromatic nitrogens is 5. The Morgan fingerprint density at radius 3 is 2.70 bits per heavy atom. The molecule has 0 amide bonds. The lowest BCUT2D eigenvalue weighted by atomic mass is 9.96. The van der Waals surface area contributed by atoms with Crippen molar-refractivity contribution < 1.29 is 42.8 Å². The van der Waals surface area contributed by atoms with Gasteiger partial charge in [0.1, 0.15) is 29.6 Å². The van der Waals surface area contributed by atoms with Crippen LogP contribution in [0.5, 0.6) is 11.6 Å².